The van der Waals surface area contributed by atoms with Crippen molar-refractivity contribution in [3.05, 3.63) is 88.4 Å². The minimum atomic E-state index is -1.01. The summed E-state index contributed by atoms with van der Waals surface area (Å²) in [4.78, 5) is 84.9. The number of hydrogen-bond acceptors (Lipinski definition) is 13. The predicted molar refractivity (Wildman–Crippen MR) is 205 cm³/mol. The maximum atomic E-state index is 13.3. The van der Waals surface area contributed by atoms with E-state index in [1.165, 1.54) is 0 Å². The Hall–Kier alpha value is -6.58. The third-order valence-electron chi connectivity index (χ3n) is 11.2. The summed E-state index contributed by atoms with van der Waals surface area (Å²) in [6.45, 7) is 7.06. The normalized spacial score (nSPS) is 19.1. The number of nitrogens with one attached hydrogen (secondary N) is 3. The predicted octanol–water partition coefficient (Wildman–Crippen LogP) is 2.58. The zero-order valence-electron chi connectivity index (χ0n) is 30.8. The van der Waals surface area contributed by atoms with Gasteiger partial charge in [0, 0.05) is 68.8 Å². The van der Waals surface area contributed by atoms with E-state index in [9.17, 15) is 24.0 Å². The zero-order valence-corrected chi connectivity index (χ0v) is 30.8. The van der Waals surface area contributed by atoms with Crippen molar-refractivity contribution < 1.29 is 28.7 Å². The van der Waals surface area contributed by atoms with Crippen molar-refractivity contribution in [1.82, 2.24) is 30.1 Å². The van der Waals surface area contributed by atoms with E-state index in [1.807, 2.05) is 41.6 Å². The molecule has 7 heterocycles. The van der Waals surface area contributed by atoms with Gasteiger partial charge in [0.25, 0.3) is 11.8 Å². The molecule has 0 radical (unpaired) electrons. The molecule has 2 aromatic heterocycles. The third-order valence-corrected chi connectivity index (χ3v) is 11.2. The number of benzene rings is 2. The first-order valence-electron chi connectivity index (χ1n) is 18.9. The molecule has 3 N–H and O–H groups in total. The second kappa shape index (κ2) is 14.2. The maximum absolute atomic E-state index is 13.3. The molecule has 2 aromatic carbocycles. The highest BCUT2D eigenvalue weighted by atomic mass is 16.5. The summed E-state index contributed by atoms with van der Waals surface area (Å²) < 4.78 is 5.71. The number of nitrogens with zero attached hydrogens (tertiary/aromatic N) is 7. The first-order valence-corrected chi connectivity index (χ1v) is 18.9. The van der Waals surface area contributed by atoms with Gasteiger partial charge in [-0.25, -0.2) is 15.0 Å². The number of amides is 5. The molecule has 9 rings (SSSR count). The van der Waals surface area contributed by atoms with Gasteiger partial charge >= 0.3 is 0 Å². The number of fused-ring (bicyclic) bond motifs is 3. The number of piperazine rings is 1. The van der Waals surface area contributed by atoms with Gasteiger partial charge in [0.05, 0.1) is 41.7 Å². The summed E-state index contributed by atoms with van der Waals surface area (Å²) in [7, 11) is 0. The molecule has 286 valence electrons. The van der Waals surface area contributed by atoms with Crippen molar-refractivity contribution in [3.8, 4) is 5.88 Å². The Balaban J connectivity index is 0.783. The van der Waals surface area contributed by atoms with Crippen LogP contribution in [0, 0.1) is 6.92 Å². The number of carbonyl (C=O) groups is 5. The SMILES string of the molecule is Cc1c(N2CCc3cnc(Nc4ccc(CC(=O)N5CCN(c6ccc7c(c6)C(=O)N(C6CCC(=O)NC6=O)C7=O)CC5)cc4)nc3C2)cnc2c1NCCO2. The summed E-state index contributed by atoms with van der Waals surface area (Å²) in [5.41, 5.74) is 8.17. The van der Waals surface area contributed by atoms with Crippen LogP contribution in [0.25, 0.3) is 0 Å². The highest BCUT2D eigenvalue weighted by molar-refractivity contribution is 6.23. The molecule has 2 fully saturated rings. The quantitative estimate of drug-likeness (QED) is 0.234. The fraction of sp³-hybridized carbons (Fsp3) is 0.350. The molecule has 0 aliphatic carbocycles. The minimum Gasteiger partial charge on any atom is -0.474 e. The molecule has 56 heavy (non-hydrogen) atoms. The molecule has 0 saturated carbocycles. The fourth-order valence-corrected chi connectivity index (χ4v) is 8.09. The van der Waals surface area contributed by atoms with Crippen LogP contribution in [0.5, 0.6) is 5.88 Å². The molecule has 4 aromatic rings. The van der Waals surface area contributed by atoms with E-state index in [1.54, 1.807) is 18.2 Å². The lowest BCUT2D eigenvalue weighted by molar-refractivity contribution is -0.136. The largest absolute Gasteiger partial charge is 0.474 e. The van der Waals surface area contributed by atoms with Gasteiger partial charge in [-0.05, 0) is 61.2 Å². The van der Waals surface area contributed by atoms with Crippen LogP contribution in [0.15, 0.2) is 54.9 Å². The number of pyridine rings is 1. The van der Waals surface area contributed by atoms with Crippen molar-refractivity contribution in [3.63, 3.8) is 0 Å². The zero-order chi connectivity index (χ0) is 38.5. The summed E-state index contributed by atoms with van der Waals surface area (Å²) in [6, 6.07) is 11.8. The Bertz CT molecular complexity index is 2290. The van der Waals surface area contributed by atoms with Crippen molar-refractivity contribution in [1.29, 1.82) is 0 Å². The first-order chi connectivity index (χ1) is 27.2. The summed E-state index contributed by atoms with van der Waals surface area (Å²) in [6.07, 6.45) is 5.04. The van der Waals surface area contributed by atoms with Gasteiger partial charge < -0.3 is 30.1 Å². The van der Waals surface area contributed by atoms with Gasteiger partial charge in [0.15, 0.2) is 0 Å². The molecule has 1 unspecified atom stereocenters. The van der Waals surface area contributed by atoms with Gasteiger partial charge in [-0.15, -0.1) is 0 Å². The van der Waals surface area contributed by atoms with Crippen molar-refractivity contribution in [2.45, 2.75) is 45.2 Å². The van der Waals surface area contributed by atoms with Gasteiger partial charge in [-0.3, -0.25) is 34.2 Å². The second-order valence-corrected chi connectivity index (χ2v) is 14.6. The molecular weight excluding hydrogens is 717 g/mol. The number of ether oxygens (including phenoxy) is 1. The van der Waals surface area contributed by atoms with E-state index in [0.717, 1.165) is 69.5 Å². The Kier molecular flexibility index (Phi) is 8.94. The lowest BCUT2D eigenvalue weighted by Crippen LogP contribution is -2.54. The number of piperidine rings is 1. The van der Waals surface area contributed by atoms with Crippen LogP contribution in [-0.4, -0.2) is 106 Å². The molecule has 0 spiro atoms. The van der Waals surface area contributed by atoms with Crippen LogP contribution in [0.3, 0.4) is 0 Å². The number of rotatable bonds is 7. The molecule has 5 aliphatic heterocycles. The van der Waals surface area contributed by atoms with E-state index in [-0.39, 0.29) is 36.3 Å². The van der Waals surface area contributed by atoms with Gasteiger partial charge in [-0.1, -0.05) is 12.1 Å². The Morgan fingerprint density at radius 3 is 2.52 bits per heavy atom. The van der Waals surface area contributed by atoms with Crippen LogP contribution in [0.4, 0.5) is 28.7 Å². The van der Waals surface area contributed by atoms with E-state index in [2.05, 4.69) is 42.6 Å². The lowest BCUT2D eigenvalue weighted by Gasteiger charge is -2.36. The van der Waals surface area contributed by atoms with E-state index >= 15 is 0 Å². The average Bonchev–Trinajstić information content (AvgIpc) is 3.46. The smallest absolute Gasteiger partial charge is 0.262 e. The number of hydrogen-bond donors (Lipinski definition) is 3. The van der Waals surface area contributed by atoms with Crippen LogP contribution in [0.1, 0.15) is 55.9 Å². The van der Waals surface area contributed by atoms with Crippen molar-refractivity contribution in [2.24, 2.45) is 0 Å². The summed E-state index contributed by atoms with van der Waals surface area (Å²) >= 11 is 0. The maximum Gasteiger partial charge on any atom is 0.262 e. The number of anilines is 5. The topological polar surface area (TPSA) is 182 Å². The molecule has 16 heteroatoms. The number of aromatic nitrogens is 3. The van der Waals surface area contributed by atoms with Crippen LogP contribution >= 0.6 is 0 Å². The van der Waals surface area contributed by atoms with E-state index in [0.29, 0.717) is 51.2 Å². The molecule has 5 amide bonds. The van der Waals surface area contributed by atoms with E-state index < -0.39 is 29.7 Å². The summed E-state index contributed by atoms with van der Waals surface area (Å²) in [5, 5.41) is 8.95. The summed E-state index contributed by atoms with van der Waals surface area (Å²) in [5.74, 6) is -0.946. The van der Waals surface area contributed by atoms with Crippen molar-refractivity contribution >= 4 is 58.2 Å². The lowest BCUT2D eigenvalue weighted by atomic mass is 10.0. The molecule has 2 saturated heterocycles. The molecule has 5 aliphatic rings. The monoisotopic (exact) mass is 756 g/mol. The van der Waals surface area contributed by atoms with Crippen LogP contribution in [-0.2, 0) is 33.8 Å². The van der Waals surface area contributed by atoms with Gasteiger partial charge in [0.2, 0.25) is 29.5 Å². The van der Waals surface area contributed by atoms with Gasteiger partial charge in [0.1, 0.15) is 18.3 Å². The Morgan fingerprint density at radius 1 is 0.911 bits per heavy atom. The molecule has 1 atom stereocenters. The van der Waals surface area contributed by atoms with Crippen LogP contribution in [0.2, 0.25) is 0 Å². The highest BCUT2D eigenvalue weighted by Crippen LogP contribution is 2.36. The highest BCUT2D eigenvalue weighted by Gasteiger charge is 2.45. The minimum absolute atomic E-state index is 0.0233. The molecule has 16 nitrogen and oxygen atoms in total. The Morgan fingerprint density at radius 2 is 1.71 bits per heavy atom. The first kappa shape index (κ1) is 35.1. The van der Waals surface area contributed by atoms with E-state index in [4.69, 9.17) is 9.72 Å². The molecule has 0 bridgehead atoms. The van der Waals surface area contributed by atoms with Crippen LogP contribution < -0.4 is 30.5 Å². The molecular formula is C40H40N10O6. The standard InChI is InChI=1S/C40H40N10O6/c1-23-32(21-42-37-35(23)41-11-17-56-37)49-12-10-25-20-43-40(45-30(25)22-49)44-26-4-2-24(3-5-26)18-34(52)48-15-13-47(14-16-48)27-6-7-28-29(19-27)39(55)50(38(28)54)31-8-9-33(51)46-36(31)53/h2-7,19-21,31,41H,8-18,22H2,1H3,(H,43,44,45)(H,46,51,53). The fourth-order valence-electron chi connectivity index (χ4n) is 8.09. The number of carbonyl (C=O) groups excluding carboxylic acids is 5. The van der Waals surface area contributed by atoms with Gasteiger partial charge in [-0.2, -0.15) is 0 Å². The number of imide groups is 2. The second-order valence-electron chi connectivity index (χ2n) is 14.6. The third kappa shape index (κ3) is 6.50. The average molecular weight is 757 g/mol. The Labute approximate surface area is 322 Å². The van der Waals surface area contributed by atoms with Crippen molar-refractivity contribution in [2.75, 3.05) is 66.3 Å².